The zero-order valence-corrected chi connectivity index (χ0v) is 10.1. The van der Waals surface area contributed by atoms with Crippen molar-refractivity contribution in [2.24, 2.45) is 0 Å². The Bertz CT molecular complexity index is 488. The molecule has 0 aromatic heterocycles. The molecule has 1 nitrogen and oxygen atoms in total. The average Bonchev–Trinajstić information content (AvgIpc) is 3.18. The van der Waals surface area contributed by atoms with Crippen LogP contribution in [0.2, 0.25) is 5.02 Å². The Hall–Kier alpha value is -1.31. The minimum absolute atomic E-state index is 0.318. The molecule has 17 heavy (non-hydrogen) atoms. The lowest BCUT2D eigenvalue weighted by Crippen LogP contribution is -2.07. The van der Waals surface area contributed by atoms with E-state index in [1.165, 1.54) is 11.1 Å². The maximum atomic E-state index is 5.93. The van der Waals surface area contributed by atoms with Gasteiger partial charge in [-0.2, -0.15) is 0 Å². The average molecular weight is 245 g/mol. The van der Waals surface area contributed by atoms with Crippen molar-refractivity contribution >= 4 is 11.6 Å². The molecule has 1 heterocycles. The van der Waals surface area contributed by atoms with E-state index >= 15 is 0 Å². The van der Waals surface area contributed by atoms with Crippen LogP contribution in [-0.2, 0) is 4.74 Å². The van der Waals surface area contributed by atoms with Crippen molar-refractivity contribution in [2.75, 3.05) is 6.61 Å². The molecule has 0 amide bonds. The summed E-state index contributed by atoms with van der Waals surface area (Å²) in [4.78, 5) is 0. The fourth-order valence-electron chi connectivity index (χ4n) is 2.20. The molecule has 86 valence electrons. The fourth-order valence-corrected chi connectivity index (χ4v) is 2.33. The van der Waals surface area contributed by atoms with E-state index in [2.05, 4.69) is 36.4 Å². The lowest BCUT2D eigenvalue weighted by molar-refractivity contribution is 0.389. The van der Waals surface area contributed by atoms with Crippen molar-refractivity contribution in [3.8, 4) is 0 Å². The summed E-state index contributed by atoms with van der Waals surface area (Å²) in [5, 5.41) is 0.775. The van der Waals surface area contributed by atoms with Gasteiger partial charge in [-0.05, 0) is 23.3 Å². The molecule has 0 spiro atoms. The molecule has 2 aromatic rings. The number of rotatable bonds is 3. The molecule has 0 radical (unpaired) electrons. The number of benzene rings is 2. The predicted octanol–water partition coefficient (Wildman–Crippen LogP) is 3.87. The van der Waals surface area contributed by atoms with E-state index in [9.17, 15) is 0 Å². The van der Waals surface area contributed by atoms with Gasteiger partial charge in [0.1, 0.15) is 0 Å². The Morgan fingerprint density at radius 2 is 1.53 bits per heavy atom. The molecule has 1 aliphatic rings. The van der Waals surface area contributed by atoms with Crippen molar-refractivity contribution in [2.45, 2.75) is 12.0 Å². The maximum absolute atomic E-state index is 5.93. The third kappa shape index (κ3) is 2.36. The van der Waals surface area contributed by atoms with Crippen LogP contribution in [0.1, 0.15) is 17.0 Å². The summed E-state index contributed by atoms with van der Waals surface area (Å²) >= 11 is 5.93. The summed E-state index contributed by atoms with van der Waals surface area (Å²) in [7, 11) is 0. The van der Waals surface area contributed by atoms with Gasteiger partial charge >= 0.3 is 0 Å². The van der Waals surface area contributed by atoms with E-state index in [0.717, 1.165) is 11.6 Å². The summed E-state index contributed by atoms with van der Waals surface area (Å²) in [6, 6.07) is 18.5. The van der Waals surface area contributed by atoms with Gasteiger partial charge in [0.25, 0.3) is 0 Å². The largest absolute Gasteiger partial charge is 0.372 e. The Kier molecular flexibility index (Phi) is 2.87. The molecule has 1 saturated heterocycles. The summed E-state index contributed by atoms with van der Waals surface area (Å²) in [6.45, 7) is 0.849. The van der Waals surface area contributed by atoms with Crippen molar-refractivity contribution in [1.82, 2.24) is 0 Å². The first kappa shape index (κ1) is 10.8. The third-order valence-corrected chi connectivity index (χ3v) is 3.37. The van der Waals surface area contributed by atoms with Gasteiger partial charge in [-0.1, -0.05) is 54.1 Å². The number of hydrogen-bond acceptors (Lipinski definition) is 1. The van der Waals surface area contributed by atoms with E-state index < -0.39 is 0 Å². The van der Waals surface area contributed by atoms with E-state index in [-0.39, 0.29) is 0 Å². The molecule has 0 bridgehead atoms. The number of hydrogen-bond donors (Lipinski definition) is 0. The number of halogens is 1. The van der Waals surface area contributed by atoms with Crippen LogP contribution in [0.15, 0.2) is 54.6 Å². The van der Waals surface area contributed by atoms with Crippen LogP contribution in [0.25, 0.3) is 0 Å². The number of ether oxygens (including phenoxy) is 1. The van der Waals surface area contributed by atoms with Gasteiger partial charge < -0.3 is 4.74 Å². The molecule has 0 saturated carbocycles. The molecule has 1 fully saturated rings. The van der Waals surface area contributed by atoms with E-state index in [1.54, 1.807) is 0 Å². The Balaban J connectivity index is 1.98. The molecular weight excluding hydrogens is 232 g/mol. The SMILES string of the molecule is Clc1ccc([C@@H](c2ccccc2)C2CO2)cc1. The van der Waals surface area contributed by atoms with Crippen LogP contribution in [0, 0.1) is 0 Å². The smallest absolute Gasteiger partial charge is 0.0918 e. The monoisotopic (exact) mass is 244 g/mol. The zero-order valence-electron chi connectivity index (χ0n) is 9.34. The number of epoxide rings is 1. The second-order valence-electron chi connectivity index (χ2n) is 4.31. The molecule has 2 aromatic carbocycles. The van der Waals surface area contributed by atoms with E-state index in [4.69, 9.17) is 16.3 Å². The Morgan fingerprint density at radius 3 is 2.12 bits per heavy atom. The third-order valence-electron chi connectivity index (χ3n) is 3.12. The predicted molar refractivity (Wildman–Crippen MR) is 69.5 cm³/mol. The van der Waals surface area contributed by atoms with Crippen LogP contribution < -0.4 is 0 Å². The highest BCUT2D eigenvalue weighted by Gasteiger charge is 2.34. The maximum Gasteiger partial charge on any atom is 0.0918 e. The van der Waals surface area contributed by atoms with Crippen LogP contribution in [-0.4, -0.2) is 12.7 Å². The molecule has 3 rings (SSSR count). The first-order valence-electron chi connectivity index (χ1n) is 5.76. The lowest BCUT2D eigenvalue weighted by atomic mass is 9.89. The first-order chi connectivity index (χ1) is 8.34. The van der Waals surface area contributed by atoms with Crippen molar-refractivity contribution in [1.29, 1.82) is 0 Å². The van der Waals surface area contributed by atoms with Gasteiger partial charge in [0.05, 0.1) is 12.7 Å². The van der Waals surface area contributed by atoms with E-state index in [0.29, 0.717) is 12.0 Å². The molecule has 2 atom stereocenters. The highest BCUT2D eigenvalue weighted by Crippen LogP contribution is 2.36. The molecule has 1 unspecified atom stereocenters. The van der Waals surface area contributed by atoms with Gasteiger partial charge in [0, 0.05) is 10.9 Å². The fraction of sp³-hybridized carbons (Fsp3) is 0.200. The highest BCUT2D eigenvalue weighted by atomic mass is 35.5. The zero-order chi connectivity index (χ0) is 11.7. The second kappa shape index (κ2) is 4.52. The Morgan fingerprint density at radius 1 is 0.941 bits per heavy atom. The Labute approximate surface area is 106 Å². The van der Waals surface area contributed by atoms with Gasteiger partial charge in [0.2, 0.25) is 0 Å². The standard InChI is InChI=1S/C15H13ClO/c16-13-8-6-12(7-9-13)15(14-10-17-14)11-4-2-1-3-5-11/h1-9,14-15H,10H2/t14?,15-/m1/s1. The first-order valence-corrected chi connectivity index (χ1v) is 6.14. The normalized spacial score (nSPS) is 19.9. The molecule has 0 aliphatic carbocycles. The van der Waals surface area contributed by atoms with Gasteiger partial charge in [-0.15, -0.1) is 0 Å². The summed E-state index contributed by atoms with van der Waals surface area (Å²) in [5.41, 5.74) is 2.57. The quantitative estimate of drug-likeness (QED) is 0.747. The van der Waals surface area contributed by atoms with Crippen LogP contribution in [0.4, 0.5) is 0 Å². The second-order valence-corrected chi connectivity index (χ2v) is 4.75. The van der Waals surface area contributed by atoms with Crippen LogP contribution in [0.5, 0.6) is 0 Å². The minimum atomic E-state index is 0.318. The van der Waals surface area contributed by atoms with Crippen molar-refractivity contribution in [3.63, 3.8) is 0 Å². The van der Waals surface area contributed by atoms with Gasteiger partial charge in [-0.25, -0.2) is 0 Å². The molecule has 0 N–H and O–H groups in total. The van der Waals surface area contributed by atoms with Gasteiger partial charge in [-0.3, -0.25) is 0 Å². The summed E-state index contributed by atoms with van der Waals surface area (Å²) < 4.78 is 5.48. The van der Waals surface area contributed by atoms with Gasteiger partial charge in [0.15, 0.2) is 0 Å². The lowest BCUT2D eigenvalue weighted by Gasteiger charge is -2.15. The molecule has 1 aliphatic heterocycles. The summed E-state index contributed by atoms with van der Waals surface area (Å²) in [6.07, 6.45) is 0.318. The topological polar surface area (TPSA) is 12.5 Å². The summed E-state index contributed by atoms with van der Waals surface area (Å²) in [5.74, 6) is 0.327. The molecular formula is C15H13ClO. The van der Waals surface area contributed by atoms with Crippen LogP contribution in [0.3, 0.4) is 0 Å². The minimum Gasteiger partial charge on any atom is -0.372 e. The van der Waals surface area contributed by atoms with Crippen molar-refractivity contribution in [3.05, 3.63) is 70.7 Å². The van der Waals surface area contributed by atoms with Crippen molar-refractivity contribution < 1.29 is 4.74 Å². The van der Waals surface area contributed by atoms with Crippen LogP contribution >= 0.6 is 11.6 Å². The van der Waals surface area contributed by atoms with E-state index in [1.807, 2.05) is 18.2 Å². The highest BCUT2D eigenvalue weighted by molar-refractivity contribution is 6.30. The molecule has 2 heteroatoms.